The Morgan fingerprint density at radius 3 is 2.86 bits per heavy atom. The molecule has 0 spiro atoms. The van der Waals surface area contributed by atoms with E-state index in [1.165, 1.54) is 7.11 Å². The monoisotopic (exact) mass is 500 g/mol. The number of carbonyl (C=O) groups is 1. The molecular weight excluding hydrogens is 476 g/mol. The lowest BCUT2D eigenvalue weighted by atomic mass is 9.96. The minimum Gasteiger partial charge on any atom is -0.493 e. The zero-order valence-corrected chi connectivity index (χ0v) is 20.3. The van der Waals surface area contributed by atoms with E-state index in [1.807, 2.05) is 30.5 Å². The van der Waals surface area contributed by atoms with Crippen LogP contribution >= 0.6 is 0 Å². The van der Waals surface area contributed by atoms with E-state index in [0.29, 0.717) is 53.9 Å². The van der Waals surface area contributed by atoms with Crippen LogP contribution < -0.4 is 24.3 Å². The molecule has 1 unspecified atom stereocenters. The molecule has 1 aromatic carbocycles. The predicted molar refractivity (Wildman–Crippen MR) is 132 cm³/mol. The van der Waals surface area contributed by atoms with Gasteiger partial charge in [-0.1, -0.05) is 0 Å². The van der Waals surface area contributed by atoms with Crippen LogP contribution in [0.15, 0.2) is 42.9 Å². The number of ether oxygens (including phenoxy) is 4. The van der Waals surface area contributed by atoms with Crippen molar-refractivity contribution < 1.29 is 23.7 Å². The van der Waals surface area contributed by atoms with Crippen LogP contribution in [0.1, 0.15) is 29.3 Å². The number of aromatic nitrogens is 5. The molecule has 37 heavy (non-hydrogen) atoms. The first-order valence-electron chi connectivity index (χ1n) is 11.8. The summed E-state index contributed by atoms with van der Waals surface area (Å²) in [6, 6.07) is 7.83. The van der Waals surface area contributed by atoms with E-state index in [1.54, 1.807) is 19.5 Å². The lowest BCUT2D eigenvalue weighted by molar-refractivity contribution is -0.116. The summed E-state index contributed by atoms with van der Waals surface area (Å²) >= 11 is 0. The summed E-state index contributed by atoms with van der Waals surface area (Å²) in [5.41, 5.74) is 3.26. The minimum absolute atomic E-state index is 0.0190. The summed E-state index contributed by atoms with van der Waals surface area (Å²) in [5, 5.41) is 2.80. The van der Waals surface area contributed by atoms with Crippen molar-refractivity contribution in [1.29, 1.82) is 0 Å². The van der Waals surface area contributed by atoms with E-state index in [-0.39, 0.29) is 17.8 Å². The SMILES string of the molecule is COc1ncc(-c2c[nH]c(C3COc4ccc(Oc5ccnc6c5CCC(=O)N6)cc4C3)n2)c(OC)n1. The third-order valence-corrected chi connectivity index (χ3v) is 6.41. The number of nitrogens with zero attached hydrogens (tertiary/aromatic N) is 4. The van der Waals surface area contributed by atoms with Crippen LogP contribution in [-0.4, -0.2) is 51.7 Å². The number of H-pyrrole nitrogens is 1. The number of amides is 1. The summed E-state index contributed by atoms with van der Waals surface area (Å²) in [6.45, 7) is 0.494. The second-order valence-electron chi connectivity index (χ2n) is 8.72. The summed E-state index contributed by atoms with van der Waals surface area (Å²) in [7, 11) is 3.05. The van der Waals surface area contributed by atoms with Crippen LogP contribution in [0.3, 0.4) is 0 Å². The van der Waals surface area contributed by atoms with Gasteiger partial charge >= 0.3 is 6.01 Å². The highest BCUT2D eigenvalue weighted by atomic mass is 16.5. The average Bonchev–Trinajstić information content (AvgIpc) is 3.42. The number of anilines is 1. The van der Waals surface area contributed by atoms with Crippen molar-refractivity contribution in [1.82, 2.24) is 24.9 Å². The number of fused-ring (bicyclic) bond motifs is 2. The Bertz CT molecular complexity index is 1490. The Balaban J connectivity index is 1.22. The van der Waals surface area contributed by atoms with Gasteiger partial charge in [-0.05, 0) is 42.7 Å². The van der Waals surface area contributed by atoms with E-state index in [4.69, 9.17) is 23.9 Å². The zero-order chi connectivity index (χ0) is 25.4. The molecule has 0 saturated carbocycles. The Morgan fingerprint density at radius 2 is 2.00 bits per heavy atom. The van der Waals surface area contributed by atoms with Crippen LogP contribution in [0.4, 0.5) is 5.82 Å². The molecule has 11 nitrogen and oxygen atoms in total. The molecule has 5 heterocycles. The Morgan fingerprint density at radius 1 is 1.08 bits per heavy atom. The van der Waals surface area contributed by atoms with Crippen molar-refractivity contribution in [2.24, 2.45) is 0 Å². The van der Waals surface area contributed by atoms with E-state index in [2.05, 4.69) is 25.3 Å². The summed E-state index contributed by atoms with van der Waals surface area (Å²) < 4.78 is 22.7. The van der Waals surface area contributed by atoms with Gasteiger partial charge in [0.15, 0.2) is 0 Å². The molecule has 0 bridgehead atoms. The summed E-state index contributed by atoms with van der Waals surface area (Å²) in [6.07, 6.45) is 6.79. The predicted octanol–water partition coefficient (Wildman–Crippen LogP) is 3.67. The highest BCUT2D eigenvalue weighted by Crippen LogP contribution is 2.38. The number of aromatic amines is 1. The van der Waals surface area contributed by atoms with E-state index >= 15 is 0 Å². The van der Waals surface area contributed by atoms with Crippen molar-refractivity contribution in [3.63, 3.8) is 0 Å². The molecule has 1 atom stereocenters. The lowest BCUT2D eigenvalue weighted by Gasteiger charge is -2.25. The van der Waals surface area contributed by atoms with Gasteiger partial charge in [0.05, 0.1) is 38.0 Å². The van der Waals surface area contributed by atoms with Gasteiger partial charge in [-0.3, -0.25) is 4.79 Å². The van der Waals surface area contributed by atoms with Gasteiger partial charge in [0.1, 0.15) is 28.9 Å². The molecule has 2 N–H and O–H groups in total. The van der Waals surface area contributed by atoms with Crippen molar-refractivity contribution >= 4 is 11.7 Å². The molecular formula is C26H24N6O5. The molecule has 2 aliphatic rings. The molecule has 6 rings (SSSR count). The van der Waals surface area contributed by atoms with Gasteiger partial charge in [-0.2, -0.15) is 4.98 Å². The quantitative estimate of drug-likeness (QED) is 0.407. The lowest BCUT2D eigenvalue weighted by Crippen LogP contribution is -2.20. The van der Waals surface area contributed by atoms with Crippen LogP contribution in [0.25, 0.3) is 11.3 Å². The topological polar surface area (TPSA) is 133 Å². The van der Waals surface area contributed by atoms with Crippen LogP contribution in [0.2, 0.25) is 0 Å². The molecule has 11 heteroatoms. The normalized spacial score (nSPS) is 16.2. The third kappa shape index (κ3) is 4.39. The first-order valence-corrected chi connectivity index (χ1v) is 11.8. The summed E-state index contributed by atoms with van der Waals surface area (Å²) in [4.78, 5) is 32.4. The molecule has 0 saturated heterocycles. The third-order valence-electron chi connectivity index (χ3n) is 6.41. The number of hydrogen-bond acceptors (Lipinski definition) is 9. The van der Waals surface area contributed by atoms with Crippen molar-refractivity contribution in [3.8, 4) is 40.4 Å². The molecule has 2 aliphatic heterocycles. The number of benzene rings is 1. The van der Waals surface area contributed by atoms with E-state index in [9.17, 15) is 4.79 Å². The number of methoxy groups -OCH3 is 2. The highest BCUT2D eigenvalue weighted by molar-refractivity contribution is 5.93. The largest absolute Gasteiger partial charge is 0.493 e. The van der Waals surface area contributed by atoms with Crippen molar-refractivity contribution in [2.75, 3.05) is 26.1 Å². The first kappa shape index (κ1) is 22.8. The van der Waals surface area contributed by atoms with Crippen molar-refractivity contribution in [2.45, 2.75) is 25.2 Å². The fourth-order valence-corrected chi connectivity index (χ4v) is 4.55. The molecule has 188 valence electrons. The number of pyridine rings is 1. The average molecular weight is 501 g/mol. The number of carbonyl (C=O) groups excluding carboxylic acids is 1. The van der Waals surface area contributed by atoms with Gasteiger partial charge in [-0.25, -0.2) is 15.0 Å². The zero-order valence-electron chi connectivity index (χ0n) is 20.3. The minimum atomic E-state index is -0.0341. The standard InChI is InChI=1S/C26H24N6O5/c1-34-25-18(11-29-26(32-25)35-2)19-12-28-23(30-19)15-9-14-10-16(3-5-20(14)36-13-15)37-21-7-8-27-24-17(21)4-6-22(33)31-24/h3,5,7-8,10-12,15H,4,6,9,13H2,1-2H3,(H,28,30)(H,27,31,33). The molecule has 4 aromatic rings. The number of hydrogen-bond donors (Lipinski definition) is 2. The number of imidazole rings is 1. The Hall–Kier alpha value is -4.67. The van der Waals surface area contributed by atoms with E-state index < -0.39 is 0 Å². The number of rotatable bonds is 6. The van der Waals surface area contributed by atoms with Crippen molar-refractivity contribution in [3.05, 3.63) is 59.8 Å². The smallest absolute Gasteiger partial charge is 0.319 e. The van der Waals surface area contributed by atoms with Crippen LogP contribution in [0.5, 0.6) is 29.1 Å². The fraction of sp³-hybridized carbons (Fsp3) is 0.269. The fourth-order valence-electron chi connectivity index (χ4n) is 4.55. The van der Waals surface area contributed by atoms with Gasteiger partial charge in [0, 0.05) is 30.6 Å². The molecule has 3 aromatic heterocycles. The molecule has 0 radical (unpaired) electrons. The highest BCUT2D eigenvalue weighted by Gasteiger charge is 2.26. The molecule has 0 aliphatic carbocycles. The maximum atomic E-state index is 11.7. The van der Waals surface area contributed by atoms with Gasteiger partial charge in [0.25, 0.3) is 0 Å². The van der Waals surface area contributed by atoms with Gasteiger partial charge in [0.2, 0.25) is 11.8 Å². The van der Waals surface area contributed by atoms with E-state index in [0.717, 1.165) is 29.1 Å². The Labute approximate surface area is 212 Å². The van der Waals surface area contributed by atoms with Crippen LogP contribution in [-0.2, 0) is 17.6 Å². The number of nitrogens with one attached hydrogen (secondary N) is 2. The Kier molecular flexibility index (Phi) is 5.79. The van der Waals surface area contributed by atoms with Gasteiger partial charge < -0.3 is 29.2 Å². The van der Waals surface area contributed by atoms with Gasteiger partial charge in [-0.15, -0.1) is 0 Å². The maximum absolute atomic E-state index is 11.7. The molecule has 0 fully saturated rings. The first-order chi connectivity index (χ1) is 18.1. The maximum Gasteiger partial charge on any atom is 0.319 e. The second-order valence-corrected chi connectivity index (χ2v) is 8.72. The summed E-state index contributed by atoms with van der Waals surface area (Å²) in [5.74, 6) is 3.92. The molecule has 1 amide bonds. The van der Waals surface area contributed by atoms with Crippen LogP contribution in [0, 0.1) is 0 Å². The second kappa shape index (κ2) is 9.41.